The Bertz CT molecular complexity index is 1290. The molecule has 35 heavy (non-hydrogen) atoms. The number of ether oxygens (including phenoxy) is 2. The number of hydrogen-bond acceptors (Lipinski definition) is 9. The Labute approximate surface area is 206 Å². The molecule has 2 heterocycles. The number of esters is 1. The van der Waals surface area contributed by atoms with Gasteiger partial charge in [-0.25, -0.2) is 13.2 Å². The zero-order valence-electron chi connectivity index (χ0n) is 18.5. The molecule has 0 atom stereocenters. The number of anilines is 3. The predicted molar refractivity (Wildman–Crippen MR) is 132 cm³/mol. The van der Waals surface area contributed by atoms with Crippen molar-refractivity contribution < 1.29 is 32.6 Å². The van der Waals surface area contributed by atoms with Gasteiger partial charge in [-0.05, 0) is 47.8 Å². The summed E-state index contributed by atoms with van der Waals surface area (Å²) in [6.45, 7) is 2.39. The number of phenolic OH excluding ortho intramolecular Hbond substituents is 1. The number of thiophene rings is 1. The topological polar surface area (TPSA) is 134 Å². The Morgan fingerprint density at radius 1 is 1.06 bits per heavy atom. The number of sulfonamides is 1. The van der Waals surface area contributed by atoms with Gasteiger partial charge in [-0.15, -0.1) is 11.3 Å². The van der Waals surface area contributed by atoms with Crippen molar-refractivity contribution >= 4 is 50.3 Å². The highest BCUT2D eigenvalue weighted by Crippen LogP contribution is 2.26. The van der Waals surface area contributed by atoms with E-state index in [1.807, 2.05) is 12.1 Å². The second-order valence-electron chi connectivity index (χ2n) is 7.54. The third kappa shape index (κ3) is 6.29. The highest BCUT2D eigenvalue weighted by molar-refractivity contribution is 7.94. The standard InChI is InChI=1S/C23H23N3O7S2/c27-20-14-17(25-35(30,31)22-2-1-13-34-22)5-8-19(20)23(29)33-15-21(28)24-16-3-6-18(7-4-16)26-9-11-32-12-10-26/h1-8,13-14,25,27H,9-12,15H2,(H,24,28). The third-order valence-corrected chi connectivity index (χ3v) is 7.87. The smallest absolute Gasteiger partial charge is 0.342 e. The SMILES string of the molecule is O=C(COC(=O)c1ccc(NS(=O)(=O)c2cccs2)cc1O)Nc1ccc(N2CCOCC2)cc1. The molecular weight excluding hydrogens is 494 g/mol. The lowest BCUT2D eigenvalue weighted by Gasteiger charge is -2.28. The van der Waals surface area contributed by atoms with Crippen molar-refractivity contribution in [2.24, 2.45) is 0 Å². The molecule has 1 amide bonds. The van der Waals surface area contributed by atoms with E-state index < -0.39 is 34.3 Å². The van der Waals surface area contributed by atoms with E-state index in [0.29, 0.717) is 18.9 Å². The van der Waals surface area contributed by atoms with Crippen LogP contribution in [0.3, 0.4) is 0 Å². The zero-order valence-corrected chi connectivity index (χ0v) is 20.1. The van der Waals surface area contributed by atoms with Crippen LogP contribution in [0.2, 0.25) is 0 Å². The Hall–Kier alpha value is -3.61. The molecule has 1 aliphatic rings. The van der Waals surface area contributed by atoms with Crippen molar-refractivity contribution in [3.63, 3.8) is 0 Å². The van der Waals surface area contributed by atoms with Crippen molar-refractivity contribution in [1.29, 1.82) is 0 Å². The molecule has 10 nitrogen and oxygen atoms in total. The molecule has 184 valence electrons. The van der Waals surface area contributed by atoms with Gasteiger partial charge in [0.25, 0.3) is 15.9 Å². The summed E-state index contributed by atoms with van der Waals surface area (Å²) in [5.41, 5.74) is 1.44. The van der Waals surface area contributed by atoms with E-state index in [1.165, 1.54) is 18.2 Å². The summed E-state index contributed by atoms with van der Waals surface area (Å²) in [7, 11) is -3.80. The maximum Gasteiger partial charge on any atom is 0.342 e. The van der Waals surface area contributed by atoms with Crippen molar-refractivity contribution in [3.05, 3.63) is 65.5 Å². The van der Waals surface area contributed by atoms with Gasteiger partial charge in [0.2, 0.25) is 0 Å². The van der Waals surface area contributed by atoms with E-state index >= 15 is 0 Å². The van der Waals surface area contributed by atoms with Gasteiger partial charge in [-0.2, -0.15) is 0 Å². The van der Waals surface area contributed by atoms with Gasteiger partial charge < -0.3 is 24.8 Å². The molecule has 0 bridgehead atoms. The molecule has 0 saturated carbocycles. The van der Waals surface area contributed by atoms with E-state index in [0.717, 1.165) is 36.2 Å². The Kier molecular flexibility index (Phi) is 7.54. The first-order chi connectivity index (χ1) is 16.8. The number of hydrogen-bond donors (Lipinski definition) is 3. The Morgan fingerprint density at radius 2 is 1.77 bits per heavy atom. The normalized spacial score (nSPS) is 13.8. The molecule has 1 aromatic heterocycles. The van der Waals surface area contributed by atoms with Crippen LogP contribution in [0.4, 0.5) is 17.1 Å². The molecule has 12 heteroatoms. The minimum atomic E-state index is -3.80. The summed E-state index contributed by atoms with van der Waals surface area (Å²) in [5, 5.41) is 14.4. The van der Waals surface area contributed by atoms with Crippen molar-refractivity contribution in [3.8, 4) is 5.75 Å². The van der Waals surface area contributed by atoms with Crippen LogP contribution < -0.4 is 14.9 Å². The molecule has 1 fully saturated rings. The Balaban J connectivity index is 1.29. The van der Waals surface area contributed by atoms with Crippen LogP contribution in [0.1, 0.15) is 10.4 Å². The lowest BCUT2D eigenvalue weighted by molar-refractivity contribution is -0.119. The number of nitrogens with one attached hydrogen (secondary N) is 2. The van der Waals surface area contributed by atoms with Gasteiger partial charge in [0.15, 0.2) is 6.61 Å². The number of rotatable bonds is 8. The molecule has 0 aliphatic carbocycles. The van der Waals surface area contributed by atoms with Crippen LogP contribution in [0, 0.1) is 0 Å². The highest BCUT2D eigenvalue weighted by atomic mass is 32.2. The van der Waals surface area contributed by atoms with Crippen LogP contribution in [0.25, 0.3) is 0 Å². The molecule has 1 saturated heterocycles. The number of nitrogens with zero attached hydrogens (tertiary/aromatic N) is 1. The van der Waals surface area contributed by atoms with Gasteiger partial charge in [-0.3, -0.25) is 9.52 Å². The van der Waals surface area contributed by atoms with Crippen LogP contribution in [0.15, 0.2) is 64.2 Å². The fraction of sp³-hybridized carbons (Fsp3) is 0.217. The van der Waals surface area contributed by atoms with Crippen molar-refractivity contribution in [1.82, 2.24) is 0 Å². The molecule has 3 N–H and O–H groups in total. The summed E-state index contributed by atoms with van der Waals surface area (Å²) in [6, 6.07) is 14.0. The number of amides is 1. The number of carbonyl (C=O) groups excluding carboxylic acids is 2. The number of morpholine rings is 1. The average molecular weight is 518 g/mol. The Morgan fingerprint density at radius 3 is 2.43 bits per heavy atom. The summed E-state index contributed by atoms with van der Waals surface area (Å²) in [6.07, 6.45) is 0. The molecule has 1 aliphatic heterocycles. The number of aromatic hydroxyl groups is 1. The number of phenols is 1. The van der Waals surface area contributed by atoms with Crippen LogP contribution in [-0.2, 0) is 24.3 Å². The monoisotopic (exact) mass is 517 g/mol. The van der Waals surface area contributed by atoms with Gasteiger partial charge in [0, 0.05) is 30.5 Å². The van der Waals surface area contributed by atoms with Crippen molar-refractivity contribution in [2.45, 2.75) is 4.21 Å². The average Bonchev–Trinajstić information content (AvgIpc) is 3.40. The first-order valence-electron chi connectivity index (χ1n) is 10.6. The van der Waals surface area contributed by atoms with E-state index in [-0.39, 0.29) is 15.5 Å². The van der Waals surface area contributed by atoms with E-state index in [2.05, 4.69) is 14.9 Å². The van der Waals surface area contributed by atoms with E-state index in [9.17, 15) is 23.1 Å². The highest BCUT2D eigenvalue weighted by Gasteiger charge is 2.19. The first kappa shape index (κ1) is 24.5. The molecule has 0 radical (unpaired) electrons. The van der Waals surface area contributed by atoms with Crippen molar-refractivity contribution in [2.75, 3.05) is 47.8 Å². The van der Waals surface area contributed by atoms with E-state index in [4.69, 9.17) is 9.47 Å². The fourth-order valence-electron chi connectivity index (χ4n) is 3.37. The molecular formula is C23H23N3O7S2. The fourth-order valence-corrected chi connectivity index (χ4v) is 5.41. The number of benzene rings is 2. The maximum absolute atomic E-state index is 12.3. The first-order valence-corrected chi connectivity index (χ1v) is 13.0. The third-order valence-electron chi connectivity index (χ3n) is 5.09. The number of carbonyl (C=O) groups is 2. The summed E-state index contributed by atoms with van der Waals surface area (Å²) < 4.78 is 37.4. The molecule has 3 aromatic rings. The predicted octanol–water partition coefficient (Wildman–Crippen LogP) is 2.89. The van der Waals surface area contributed by atoms with Crippen LogP contribution >= 0.6 is 11.3 Å². The molecule has 4 rings (SSSR count). The van der Waals surface area contributed by atoms with Gasteiger partial charge >= 0.3 is 5.97 Å². The minimum Gasteiger partial charge on any atom is -0.507 e. The van der Waals surface area contributed by atoms with E-state index in [1.54, 1.807) is 23.6 Å². The summed E-state index contributed by atoms with van der Waals surface area (Å²) in [5.74, 6) is -1.95. The molecule has 0 unspecified atom stereocenters. The van der Waals surface area contributed by atoms with Gasteiger partial charge in [0.1, 0.15) is 15.5 Å². The minimum absolute atomic E-state index is 0.0747. The summed E-state index contributed by atoms with van der Waals surface area (Å²) >= 11 is 1.05. The largest absolute Gasteiger partial charge is 0.507 e. The zero-order chi connectivity index (χ0) is 24.8. The summed E-state index contributed by atoms with van der Waals surface area (Å²) in [4.78, 5) is 26.7. The molecule has 2 aromatic carbocycles. The molecule has 0 spiro atoms. The second kappa shape index (κ2) is 10.8. The quantitative estimate of drug-likeness (QED) is 0.389. The lowest BCUT2D eigenvalue weighted by atomic mass is 10.2. The lowest BCUT2D eigenvalue weighted by Crippen LogP contribution is -2.36. The van der Waals surface area contributed by atoms with Crippen LogP contribution in [0.5, 0.6) is 5.75 Å². The maximum atomic E-state index is 12.3. The van der Waals surface area contributed by atoms with Gasteiger partial charge in [0.05, 0.1) is 18.9 Å². The second-order valence-corrected chi connectivity index (χ2v) is 10.4. The van der Waals surface area contributed by atoms with Crippen LogP contribution in [-0.4, -0.2) is 58.3 Å². The van der Waals surface area contributed by atoms with Gasteiger partial charge in [-0.1, -0.05) is 6.07 Å².